The monoisotopic (exact) mass is 297 g/mol. The lowest BCUT2D eigenvalue weighted by Crippen LogP contribution is -1.94. The van der Waals surface area contributed by atoms with E-state index in [0.717, 1.165) is 21.6 Å². The van der Waals surface area contributed by atoms with Crippen LogP contribution in [0.1, 0.15) is 16.7 Å². The van der Waals surface area contributed by atoms with E-state index >= 15 is 0 Å². The molecule has 1 radical (unpaired) electrons. The maximum absolute atomic E-state index is 2.43. The Bertz CT molecular complexity index is 873. The molecular formula is C21H17Si. The van der Waals surface area contributed by atoms with Gasteiger partial charge in [-0.1, -0.05) is 78.5 Å². The van der Waals surface area contributed by atoms with Gasteiger partial charge in [0.15, 0.2) is 0 Å². The number of benzene rings is 3. The molecule has 3 aromatic carbocycles. The van der Waals surface area contributed by atoms with Crippen LogP contribution in [0.4, 0.5) is 0 Å². The van der Waals surface area contributed by atoms with E-state index in [1.807, 2.05) is 0 Å². The summed E-state index contributed by atoms with van der Waals surface area (Å²) in [7, 11) is 0.855. The van der Waals surface area contributed by atoms with E-state index in [4.69, 9.17) is 0 Å². The summed E-state index contributed by atoms with van der Waals surface area (Å²) in [5.74, 6) is 0. The average molecular weight is 297 g/mol. The predicted octanol–water partition coefficient (Wildman–Crippen LogP) is 4.49. The van der Waals surface area contributed by atoms with E-state index in [0.29, 0.717) is 0 Å². The van der Waals surface area contributed by atoms with Gasteiger partial charge in [-0.05, 0) is 45.5 Å². The van der Waals surface area contributed by atoms with Crippen LogP contribution in [-0.4, -0.2) is 14.8 Å². The van der Waals surface area contributed by atoms with Crippen molar-refractivity contribution in [3.63, 3.8) is 0 Å². The second-order valence-corrected chi connectivity index (χ2v) is 6.82. The van der Waals surface area contributed by atoms with Crippen LogP contribution >= 0.6 is 0 Å². The smallest absolute Gasteiger partial charge is 0.0244 e. The van der Waals surface area contributed by atoms with Crippen molar-refractivity contribution in [1.29, 1.82) is 0 Å². The normalized spacial score (nSPS) is 13.5. The van der Waals surface area contributed by atoms with Gasteiger partial charge >= 0.3 is 0 Å². The van der Waals surface area contributed by atoms with Crippen LogP contribution in [0.2, 0.25) is 0 Å². The van der Waals surface area contributed by atoms with Gasteiger partial charge in [-0.25, -0.2) is 0 Å². The molecule has 105 valence electrons. The quantitative estimate of drug-likeness (QED) is 0.625. The lowest BCUT2D eigenvalue weighted by atomic mass is 10.0. The van der Waals surface area contributed by atoms with E-state index in [2.05, 4.69) is 78.5 Å². The lowest BCUT2D eigenvalue weighted by Gasteiger charge is -2.03. The topological polar surface area (TPSA) is 0 Å². The van der Waals surface area contributed by atoms with Crippen LogP contribution < -0.4 is 0 Å². The third kappa shape index (κ3) is 2.60. The Kier molecular flexibility index (Phi) is 3.57. The fourth-order valence-corrected chi connectivity index (χ4v) is 4.13. The molecule has 0 atom stereocenters. The van der Waals surface area contributed by atoms with Crippen molar-refractivity contribution >= 4 is 31.7 Å². The molecule has 0 aliphatic heterocycles. The molecule has 0 aromatic heterocycles. The number of hydrogen-bond donors (Lipinski definition) is 0. The molecule has 1 aliphatic rings. The molecule has 3 aromatic rings. The summed E-state index contributed by atoms with van der Waals surface area (Å²) < 4.78 is 0. The second kappa shape index (κ2) is 5.86. The zero-order chi connectivity index (χ0) is 14.8. The molecule has 0 saturated carbocycles. The molecular weight excluding hydrogens is 280 g/mol. The van der Waals surface area contributed by atoms with Gasteiger partial charge in [-0.3, -0.25) is 0 Å². The van der Waals surface area contributed by atoms with Gasteiger partial charge < -0.3 is 0 Å². The van der Waals surface area contributed by atoms with Crippen molar-refractivity contribution < 1.29 is 0 Å². The molecule has 0 spiro atoms. The van der Waals surface area contributed by atoms with Gasteiger partial charge in [0.25, 0.3) is 0 Å². The van der Waals surface area contributed by atoms with Crippen LogP contribution in [-0.2, 0) is 12.5 Å². The second-order valence-electron chi connectivity index (χ2n) is 5.77. The van der Waals surface area contributed by atoms with Crippen molar-refractivity contribution in [3.05, 3.63) is 89.0 Å². The Labute approximate surface area is 133 Å². The summed E-state index contributed by atoms with van der Waals surface area (Å²) in [6, 6.07) is 25.1. The zero-order valence-electron chi connectivity index (χ0n) is 12.4. The molecule has 0 saturated heterocycles. The minimum atomic E-state index is 0.855. The molecule has 22 heavy (non-hydrogen) atoms. The summed E-state index contributed by atoms with van der Waals surface area (Å²) in [6.45, 7) is 0. The van der Waals surface area contributed by atoms with Gasteiger partial charge in [0.1, 0.15) is 0 Å². The molecule has 0 fully saturated rings. The third-order valence-electron chi connectivity index (χ3n) is 4.22. The molecule has 0 heterocycles. The number of hydrogen-bond acceptors (Lipinski definition) is 0. The highest BCUT2D eigenvalue weighted by molar-refractivity contribution is 6.50. The van der Waals surface area contributed by atoms with Crippen LogP contribution in [0.15, 0.2) is 72.3 Å². The van der Waals surface area contributed by atoms with Gasteiger partial charge in [0.05, 0.1) is 0 Å². The summed E-state index contributed by atoms with van der Waals surface area (Å²) in [4.78, 5) is 0. The molecule has 1 aliphatic carbocycles. The Balaban J connectivity index is 1.58. The van der Waals surface area contributed by atoms with Gasteiger partial charge in [0.2, 0.25) is 0 Å². The van der Waals surface area contributed by atoms with E-state index in [1.54, 1.807) is 0 Å². The Morgan fingerprint density at radius 3 is 2.59 bits per heavy atom. The maximum atomic E-state index is 2.43. The highest BCUT2D eigenvalue weighted by Crippen LogP contribution is 2.30. The molecule has 0 unspecified atom stereocenters. The molecule has 4 rings (SSSR count). The average Bonchev–Trinajstić information content (AvgIpc) is 2.99. The molecule has 0 nitrogen and oxygen atoms in total. The van der Waals surface area contributed by atoms with Crippen LogP contribution in [0.5, 0.6) is 0 Å². The van der Waals surface area contributed by atoms with Crippen molar-refractivity contribution in [3.8, 4) is 0 Å². The summed E-state index contributed by atoms with van der Waals surface area (Å²) in [6.07, 6.45) is 3.47. The summed E-state index contributed by atoms with van der Waals surface area (Å²) >= 11 is 0. The zero-order valence-corrected chi connectivity index (χ0v) is 13.4. The first kappa shape index (κ1) is 13.4. The summed E-state index contributed by atoms with van der Waals surface area (Å²) in [5.41, 5.74) is 8.23. The van der Waals surface area contributed by atoms with E-state index < -0.39 is 0 Å². The summed E-state index contributed by atoms with van der Waals surface area (Å²) in [5, 5.41) is 2.72. The van der Waals surface area contributed by atoms with Gasteiger partial charge in [-0.15, -0.1) is 0 Å². The van der Waals surface area contributed by atoms with Crippen molar-refractivity contribution in [2.45, 2.75) is 12.5 Å². The Morgan fingerprint density at radius 2 is 1.68 bits per heavy atom. The van der Waals surface area contributed by atoms with E-state index in [1.165, 1.54) is 33.0 Å². The Hall–Kier alpha value is -2.25. The maximum Gasteiger partial charge on any atom is 0.0244 e. The highest BCUT2D eigenvalue weighted by Gasteiger charge is 2.13. The van der Waals surface area contributed by atoms with Crippen molar-refractivity contribution in [2.75, 3.05) is 0 Å². The molecule has 1 heteroatoms. The lowest BCUT2D eigenvalue weighted by molar-refractivity contribution is 1.29. The van der Waals surface area contributed by atoms with Crippen LogP contribution in [0, 0.1) is 0 Å². The largest absolute Gasteiger partial charge is 0.0774 e. The third-order valence-corrected chi connectivity index (χ3v) is 5.41. The molecule has 0 N–H and O–H groups in total. The van der Waals surface area contributed by atoms with Gasteiger partial charge in [-0.2, -0.15) is 0 Å². The van der Waals surface area contributed by atoms with E-state index in [9.17, 15) is 0 Å². The fraction of sp³-hybridized carbons (Fsp3) is 0.0952. The van der Waals surface area contributed by atoms with Crippen LogP contribution in [0.25, 0.3) is 16.8 Å². The fourth-order valence-electron chi connectivity index (χ4n) is 3.11. The Morgan fingerprint density at radius 1 is 0.864 bits per heavy atom. The minimum absolute atomic E-state index is 0.855. The molecule has 0 amide bonds. The van der Waals surface area contributed by atoms with Crippen LogP contribution in [0.3, 0.4) is 0 Å². The first-order valence-electron chi connectivity index (χ1n) is 7.72. The SMILES string of the molecule is C(=[Si]Cc1ccccc1)C1=Cc2c(ccc3ccccc23)C1. The number of allylic oxidation sites excluding steroid dienone is 1. The minimum Gasteiger partial charge on any atom is -0.0774 e. The number of fused-ring (bicyclic) bond motifs is 3. The van der Waals surface area contributed by atoms with E-state index in [-0.39, 0.29) is 0 Å². The number of rotatable bonds is 3. The van der Waals surface area contributed by atoms with Gasteiger partial charge in [0, 0.05) is 9.13 Å². The first-order valence-corrected chi connectivity index (χ1v) is 9.00. The predicted molar refractivity (Wildman–Crippen MR) is 97.6 cm³/mol. The standard InChI is InChI=1S/C21H17Si/c1-2-6-16(7-3-1)14-22-15-17-12-19-11-10-18-8-4-5-9-20(18)21(19)13-17/h1-11,13,15H,12,14H2. The molecule has 0 bridgehead atoms. The van der Waals surface area contributed by atoms with Crippen molar-refractivity contribution in [2.24, 2.45) is 0 Å². The highest BCUT2D eigenvalue weighted by atomic mass is 28.2. The first-order chi connectivity index (χ1) is 10.9. The van der Waals surface area contributed by atoms with Crippen molar-refractivity contribution in [1.82, 2.24) is 0 Å².